The van der Waals surface area contributed by atoms with Crippen molar-refractivity contribution in [1.82, 2.24) is 10.6 Å². The third-order valence-corrected chi connectivity index (χ3v) is 3.17. The number of carbonyl (C=O) groups is 1. The molecule has 0 aromatic heterocycles. The molecular formula is C15H25ClN4O3. The van der Waals surface area contributed by atoms with E-state index in [1.165, 1.54) is 0 Å². The number of nitrogens with zero attached hydrogens (tertiary/aromatic N) is 1. The zero-order valence-corrected chi connectivity index (χ0v) is 14.4. The van der Waals surface area contributed by atoms with Gasteiger partial charge in [0.05, 0.1) is 4.92 Å². The first-order chi connectivity index (χ1) is 10.5. The predicted molar refractivity (Wildman–Crippen MR) is 94.4 cm³/mol. The van der Waals surface area contributed by atoms with Gasteiger partial charge in [0.2, 0.25) is 5.91 Å². The first kappa shape index (κ1) is 21.1. The molecule has 130 valence electrons. The Hall–Kier alpha value is -1.86. The summed E-state index contributed by atoms with van der Waals surface area (Å²) >= 11 is 0. The molecule has 0 unspecified atom stereocenters. The van der Waals surface area contributed by atoms with E-state index >= 15 is 0 Å². The van der Waals surface area contributed by atoms with Crippen LogP contribution >= 0.6 is 12.4 Å². The van der Waals surface area contributed by atoms with Crippen molar-refractivity contribution in [1.29, 1.82) is 0 Å². The quantitative estimate of drug-likeness (QED) is 0.343. The number of nitro groups is 1. The molecule has 3 N–H and O–H groups in total. The third kappa shape index (κ3) is 8.37. The normalized spacial score (nSPS) is 9.83. The van der Waals surface area contributed by atoms with E-state index in [1.54, 1.807) is 12.1 Å². The lowest BCUT2D eigenvalue weighted by Crippen LogP contribution is -2.26. The van der Waals surface area contributed by atoms with Gasteiger partial charge >= 0.3 is 0 Å². The molecule has 0 aliphatic heterocycles. The molecule has 0 aliphatic carbocycles. The maximum Gasteiger partial charge on any atom is 0.292 e. The molecule has 0 fully saturated rings. The van der Waals surface area contributed by atoms with E-state index in [9.17, 15) is 14.9 Å². The number of nitro benzene ring substituents is 1. The van der Waals surface area contributed by atoms with Gasteiger partial charge in [-0.3, -0.25) is 14.9 Å². The maximum atomic E-state index is 11.5. The van der Waals surface area contributed by atoms with E-state index in [2.05, 4.69) is 16.0 Å². The van der Waals surface area contributed by atoms with Crippen LogP contribution in [0.25, 0.3) is 0 Å². The SMILES string of the molecule is CNCCCC(=O)NCCCNc1ccc(C)cc1[N+](=O)[O-].Cl. The summed E-state index contributed by atoms with van der Waals surface area (Å²) in [4.78, 5) is 22.1. The Labute approximate surface area is 142 Å². The Morgan fingerprint density at radius 2 is 1.96 bits per heavy atom. The highest BCUT2D eigenvalue weighted by Crippen LogP contribution is 2.24. The summed E-state index contributed by atoms with van der Waals surface area (Å²) in [5, 5.41) is 19.9. The highest BCUT2D eigenvalue weighted by molar-refractivity contribution is 5.85. The summed E-state index contributed by atoms with van der Waals surface area (Å²) < 4.78 is 0. The molecule has 0 saturated carbocycles. The number of hydrogen-bond donors (Lipinski definition) is 3. The second-order valence-electron chi connectivity index (χ2n) is 5.12. The van der Waals surface area contributed by atoms with Crippen LogP contribution in [0.1, 0.15) is 24.8 Å². The standard InChI is InChI=1S/C15H24N4O3.ClH/c1-12-6-7-13(14(11-12)19(21)22)17-9-4-10-18-15(20)5-3-8-16-2;/h6-7,11,16-17H,3-5,8-10H2,1-2H3,(H,18,20);1H. The van der Waals surface area contributed by atoms with Gasteiger partial charge in [0, 0.05) is 25.6 Å². The largest absolute Gasteiger partial charge is 0.379 e. The average Bonchev–Trinajstić information content (AvgIpc) is 2.48. The molecule has 8 heteroatoms. The Morgan fingerprint density at radius 1 is 1.22 bits per heavy atom. The number of anilines is 1. The summed E-state index contributed by atoms with van der Waals surface area (Å²) in [5.41, 5.74) is 1.44. The van der Waals surface area contributed by atoms with Crippen molar-refractivity contribution >= 4 is 29.7 Å². The van der Waals surface area contributed by atoms with Gasteiger partial charge < -0.3 is 16.0 Å². The minimum absolute atomic E-state index is 0. The molecule has 1 aromatic carbocycles. The number of nitrogens with one attached hydrogen (secondary N) is 3. The van der Waals surface area contributed by atoms with Crippen molar-refractivity contribution in [3.63, 3.8) is 0 Å². The molecule has 0 spiro atoms. The lowest BCUT2D eigenvalue weighted by atomic mass is 10.2. The van der Waals surface area contributed by atoms with Gasteiger partial charge in [-0.05, 0) is 45.0 Å². The van der Waals surface area contributed by atoms with E-state index in [0.717, 1.165) is 18.5 Å². The molecular weight excluding hydrogens is 320 g/mol. The Balaban J connectivity index is 0.00000484. The van der Waals surface area contributed by atoms with E-state index in [0.29, 0.717) is 31.6 Å². The van der Waals surface area contributed by atoms with Crippen molar-refractivity contribution in [3.05, 3.63) is 33.9 Å². The lowest BCUT2D eigenvalue weighted by Gasteiger charge is -2.08. The molecule has 1 amide bonds. The molecule has 0 aliphatic rings. The van der Waals surface area contributed by atoms with Gasteiger partial charge in [-0.2, -0.15) is 0 Å². The van der Waals surface area contributed by atoms with Crippen LogP contribution in [-0.4, -0.2) is 37.5 Å². The van der Waals surface area contributed by atoms with Gasteiger partial charge in [0.25, 0.3) is 5.69 Å². The van der Waals surface area contributed by atoms with Crippen molar-refractivity contribution < 1.29 is 9.72 Å². The number of hydrogen-bond acceptors (Lipinski definition) is 5. The summed E-state index contributed by atoms with van der Waals surface area (Å²) in [5.74, 6) is 0.0385. The van der Waals surface area contributed by atoms with Crippen LogP contribution < -0.4 is 16.0 Å². The molecule has 0 radical (unpaired) electrons. The highest BCUT2D eigenvalue weighted by atomic mass is 35.5. The third-order valence-electron chi connectivity index (χ3n) is 3.17. The lowest BCUT2D eigenvalue weighted by molar-refractivity contribution is -0.384. The zero-order valence-electron chi connectivity index (χ0n) is 13.6. The predicted octanol–water partition coefficient (Wildman–Crippen LogP) is 2.24. The maximum absolute atomic E-state index is 11.5. The van der Waals surface area contributed by atoms with Crippen LogP contribution in [0.15, 0.2) is 18.2 Å². The fourth-order valence-corrected chi connectivity index (χ4v) is 2.00. The Morgan fingerprint density at radius 3 is 2.61 bits per heavy atom. The van der Waals surface area contributed by atoms with Crippen molar-refractivity contribution in [2.24, 2.45) is 0 Å². The van der Waals surface area contributed by atoms with E-state index in [-0.39, 0.29) is 24.0 Å². The second kappa shape index (κ2) is 11.7. The van der Waals surface area contributed by atoms with Gasteiger partial charge in [-0.1, -0.05) is 6.07 Å². The molecule has 23 heavy (non-hydrogen) atoms. The number of carbonyl (C=O) groups excluding carboxylic acids is 1. The molecule has 0 heterocycles. The van der Waals surface area contributed by atoms with Gasteiger partial charge in [-0.15, -0.1) is 12.4 Å². The molecule has 1 aromatic rings. The number of amides is 1. The average molecular weight is 345 g/mol. The molecule has 0 saturated heterocycles. The van der Waals surface area contributed by atoms with E-state index in [1.807, 2.05) is 20.0 Å². The summed E-state index contributed by atoms with van der Waals surface area (Å²) in [7, 11) is 1.85. The van der Waals surface area contributed by atoms with Crippen LogP contribution in [0.2, 0.25) is 0 Å². The summed E-state index contributed by atoms with van der Waals surface area (Å²) in [6.45, 7) is 3.78. The van der Waals surface area contributed by atoms with Crippen molar-refractivity contribution in [2.45, 2.75) is 26.2 Å². The van der Waals surface area contributed by atoms with Gasteiger partial charge in [0.1, 0.15) is 5.69 Å². The highest BCUT2D eigenvalue weighted by Gasteiger charge is 2.12. The smallest absolute Gasteiger partial charge is 0.292 e. The van der Waals surface area contributed by atoms with Crippen LogP contribution in [-0.2, 0) is 4.79 Å². The Kier molecular flexibility index (Phi) is 10.7. The summed E-state index contributed by atoms with van der Waals surface area (Å²) in [6.07, 6.45) is 2.04. The minimum atomic E-state index is -0.390. The molecule has 0 bridgehead atoms. The fraction of sp³-hybridized carbons (Fsp3) is 0.533. The van der Waals surface area contributed by atoms with Crippen molar-refractivity contribution in [2.75, 3.05) is 32.0 Å². The monoisotopic (exact) mass is 344 g/mol. The number of benzene rings is 1. The fourth-order valence-electron chi connectivity index (χ4n) is 2.00. The van der Waals surface area contributed by atoms with E-state index in [4.69, 9.17) is 0 Å². The van der Waals surface area contributed by atoms with Crippen molar-refractivity contribution in [3.8, 4) is 0 Å². The Bertz CT molecular complexity index is 511. The topological polar surface area (TPSA) is 96.3 Å². The van der Waals surface area contributed by atoms with E-state index < -0.39 is 4.92 Å². The molecule has 7 nitrogen and oxygen atoms in total. The zero-order chi connectivity index (χ0) is 16.4. The minimum Gasteiger partial charge on any atom is -0.379 e. The number of rotatable bonds is 10. The second-order valence-corrected chi connectivity index (χ2v) is 5.12. The first-order valence-corrected chi connectivity index (χ1v) is 7.45. The molecule has 1 rings (SSSR count). The van der Waals surface area contributed by atoms with Gasteiger partial charge in [-0.25, -0.2) is 0 Å². The van der Waals surface area contributed by atoms with Crippen LogP contribution in [0.5, 0.6) is 0 Å². The summed E-state index contributed by atoms with van der Waals surface area (Å²) in [6, 6.07) is 5.09. The van der Waals surface area contributed by atoms with Crippen LogP contribution in [0, 0.1) is 17.0 Å². The number of aryl methyl sites for hydroxylation is 1. The van der Waals surface area contributed by atoms with Crippen LogP contribution in [0.4, 0.5) is 11.4 Å². The first-order valence-electron chi connectivity index (χ1n) is 7.45. The molecule has 0 atom stereocenters. The van der Waals surface area contributed by atoms with Gasteiger partial charge in [0.15, 0.2) is 0 Å². The number of halogens is 1. The van der Waals surface area contributed by atoms with Crippen LogP contribution in [0.3, 0.4) is 0 Å².